The van der Waals surface area contributed by atoms with Crippen molar-refractivity contribution in [3.63, 3.8) is 0 Å². The molecule has 3 aromatic rings. The Kier molecular flexibility index (Phi) is 5.87. The first-order valence-corrected chi connectivity index (χ1v) is 8.90. The summed E-state index contributed by atoms with van der Waals surface area (Å²) in [5, 5.41) is 2.82. The molecule has 150 valence electrons. The summed E-state index contributed by atoms with van der Waals surface area (Å²) in [7, 11) is 0. The van der Waals surface area contributed by atoms with Crippen molar-refractivity contribution in [2.75, 3.05) is 16.5 Å². The predicted molar refractivity (Wildman–Crippen MR) is 106 cm³/mol. The van der Waals surface area contributed by atoms with Gasteiger partial charge in [-0.15, -0.1) is 0 Å². The summed E-state index contributed by atoms with van der Waals surface area (Å²) < 4.78 is 38.6. The number of nitrogens with two attached hydrogens (primary N) is 1. The molecule has 0 fully saturated rings. The number of halogens is 4. The molecule has 29 heavy (non-hydrogen) atoms. The van der Waals surface area contributed by atoms with E-state index in [4.69, 9.17) is 5.73 Å². The Balaban J connectivity index is 1.71. The van der Waals surface area contributed by atoms with Crippen LogP contribution >= 0.6 is 15.9 Å². The molecule has 1 aromatic heterocycles. The van der Waals surface area contributed by atoms with Crippen molar-refractivity contribution < 1.29 is 18.0 Å². The maximum Gasteiger partial charge on any atom is 0.416 e. The minimum absolute atomic E-state index is 0.0693. The smallest absolute Gasteiger partial charge is 0.393 e. The third kappa shape index (κ3) is 4.93. The average molecular weight is 467 g/mol. The highest BCUT2D eigenvalue weighted by atomic mass is 79.9. The molecule has 2 aromatic carbocycles. The molecule has 0 saturated carbocycles. The second kappa shape index (κ2) is 8.35. The van der Waals surface area contributed by atoms with Crippen LogP contribution in [0.15, 0.2) is 59.3 Å². The van der Waals surface area contributed by atoms with E-state index < -0.39 is 17.6 Å². The SMILES string of the molecule is Nc1c(NNC(=O)c2ccccc2Br)ncnc1Nc1ccc(C(F)(F)F)cc1. The average Bonchev–Trinajstić information content (AvgIpc) is 2.68. The minimum atomic E-state index is -4.42. The number of hydrazine groups is 1. The number of carbonyl (C=O) groups excluding carboxylic acids is 1. The maximum atomic E-state index is 12.7. The molecule has 1 heterocycles. The third-order valence-corrected chi connectivity index (χ3v) is 4.46. The molecule has 7 nitrogen and oxygen atoms in total. The largest absolute Gasteiger partial charge is 0.416 e. The van der Waals surface area contributed by atoms with E-state index >= 15 is 0 Å². The van der Waals surface area contributed by atoms with E-state index in [1.54, 1.807) is 24.3 Å². The van der Waals surface area contributed by atoms with Crippen LogP contribution in [0, 0.1) is 0 Å². The van der Waals surface area contributed by atoms with Gasteiger partial charge >= 0.3 is 6.18 Å². The Morgan fingerprint density at radius 3 is 2.31 bits per heavy atom. The van der Waals surface area contributed by atoms with Gasteiger partial charge in [0.2, 0.25) is 0 Å². The van der Waals surface area contributed by atoms with Crippen molar-refractivity contribution in [3.05, 3.63) is 70.5 Å². The molecule has 11 heteroatoms. The summed E-state index contributed by atoms with van der Waals surface area (Å²) >= 11 is 3.28. The lowest BCUT2D eigenvalue weighted by atomic mass is 10.2. The van der Waals surface area contributed by atoms with Crippen molar-refractivity contribution in [1.29, 1.82) is 0 Å². The summed E-state index contributed by atoms with van der Waals surface area (Å²) in [5.41, 5.74) is 11.1. The topological polar surface area (TPSA) is 105 Å². The van der Waals surface area contributed by atoms with Crippen LogP contribution in [0.4, 0.5) is 36.2 Å². The van der Waals surface area contributed by atoms with Crippen LogP contribution in [0.25, 0.3) is 0 Å². The van der Waals surface area contributed by atoms with Gasteiger partial charge in [-0.1, -0.05) is 12.1 Å². The maximum absolute atomic E-state index is 12.7. The van der Waals surface area contributed by atoms with Crippen LogP contribution in [0.3, 0.4) is 0 Å². The number of amides is 1. The number of benzene rings is 2. The number of nitrogen functional groups attached to an aromatic ring is 1. The number of aromatic nitrogens is 2. The quantitative estimate of drug-likeness (QED) is 0.417. The Morgan fingerprint density at radius 2 is 1.66 bits per heavy atom. The van der Waals surface area contributed by atoms with Crippen LogP contribution in [-0.4, -0.2) is 15.9 Å². The molecule has 0 bridgehead atoms. The van der Waals surface area contributed by atoms with Crippen LogP contribution in [0.5, 0.6) is 0 Å². The van der Waals surface area contributed by atoms with E-state index in [0.717, 1.165) is 12.1 Å². The van der Waals surface area contributed by atoms with Gasteiger partial charge in [0.05, 0.1) is 11.1 Å². The van der Waals surface area contributed by atoms with Gasteiger partial charge in [0, 0.05) is 10.2 Å². The van der Waals surface area contributed by atoms with Crippen molar-refractivity contribution in [1.82, 2.24) is 15.4 Å². The van der Waals surface area contributed by atoms with Gasteiger partial charge in [-0.05, 0) is 52.3 Å². The zero-order chi connectivity index (χ0) is 21.0. The monoisotopic (exact) mass is 466 g/mol. The van der Waals surface area contributed by atoms with Gasteiger partial charge in [-0.2, -0.15) is 13.2 Å². The normalized spacial score (nSPS) is 11.0. The van der Waals surface area contributed by atoms with Crippen molar-refractivity contribution >= 4 is 44.8 Å². The molecular formula is C18H14BrF3N6O. The fraction of sp³-hybridized carbons (Fsp3) is 0.0556. The van der Waals surface area contributed by atoms with Crippen LogP contribution in [0.1, 0.15) is 15.9 Å². The number of alkyl halides is 3. The van der Waals surface area contributed by atoms with E-state index in [0.29, 0.717) is 15.7 Å². The summed E-state index contributed by atoms with van der Waals surface area (Å²) in [6, 6.07) is 11.2. The van der Waals surface area contributed by atoms with E-state index in [2.05, 4.69) is 42.1 Å². The van der Waals surface area contributed by atoms with Gasteiger partial charge in [-0.3, -0.25) is 15.6 Å². The number of hydrogen-bond donors (Lipinski definition) is 4. The Labute approximate surface area is 171 Å². The molecule has 1 amide bonds. The number of nitrogens with one attached hydrogen (secondary N) is 3. The first kappa shape index (κ1) is 20.4. The highest BCUT2D eigenvalue weighted by Gasteiger charge is 2.30. The predicted octanol–water partition coefficient (Wildman–Crippen LogP) is 4.34. The van der Waals surface area contributed by atoms with Gasteiger partial charge < -0.3 is 11.1 Å². The molecule has 0 aliphatic heterocycles. The van der Waals surface area contributed by atoms with Gasteiger partial charge in [0.15, 0.2) is 11.6 Å². The molecule has 5 N–H and O–H groups in total. The molecule has 0 aliphatic carbocycles. The molecule has 0 aliphatic rings. The molecular weight excluding hydrogens is 453 g/mol. The van der Waals surface area contributed by atoms with E-state index in [-0.39, 0.29) is 17.3 Å². The first-order chi connectivity index (χ1) is 13.8. The fourth-order valence-electron chi connectivity index (χ4n) is 2.30. The van der Waals surface area contributed by atoms with E-state index in [9.17, 15) is 18.0 Å². The number of rotatable bonds is 5. The Bertz CT molecular complexity index is 1030. The second-order valence-corrected chi connectivity index (χ2v) is 6.60. The number of hydrogen-bond acceptors (Lipinski definition) is 6. The van der Waals surface area contributed by atoms with Crippen LogP contribution < -0.4 is 21.9 Å². The highest BCUT2D eigenvalue weighted by Crippen LogP contribution is 2.31. The molecule has 0 atom stereocenters. The standard InChI is InChI=1S/C18H14BrF3N6O/c19-13-4-2-1-3-12(13)17(29)28-27-16-14(23)15(24-9-25-16)26-11-7-5-10(6-8-11)18(20,21)22/h1-9H,23H2,(H,28,29)(H2,24,25,26,27). The lowest BCUT2D eigenvalue weighted by Gasteiger charge is -2.14. The lowest BCUT2D eigenvalue weighted by Crippen LogP contribution is -2.30. The molecule has 0 spiro atoms. The lowest BCUT2D eigenvalue weighted by molar-refractivity contribution is -0.137. The van der Waals surface area contributed by atoms with Crippen LogP contribution in [-0.2, 0) is 6.18 Å². The highest BCUT2D eigenvalue weighted by molar-refractivity contribution is 9.10. The van der Waals surface area contributed by atoms with Gasteiger partial charge in [-0.25, -0.2) is 9.97 Å². The zero-order valence-electron chi connectivity index (χ0n) is 14.6. The Hall–Kier alpha value is -3.34. The summed E-state index contributed by atoms with van der Waals surface area (Å²) in [4.78, 5) is 20.2. The summed E-state index contributed by atoms with van der Waals surface area (Å²) in [5.74, 6) is -0.139. The van der Waals surface area contributed by atoms with Crippen LogP contribution in [0.2, 0.25) is 0 Å². The first-order valence-electron chi connectivity index (χ1n) is 8.11. The van der Waals surface area contributed by atoms with E-state index in [1.807, 2.05) is 0 Å². The van der Waals surface area contributed by atoms with Crippen molar-refractivity contribution in [2.24, 2.45) is 0 Å². The number of anilines is 4. The van der Waals surface area contributed by atoms with Gasteiger partial charge in [0.25, 0.3) is 5.91 Å². The number of carbonyl (C=O) groups is 1. The molecule has 0 radical (unpaired) electrons. The van der Waals surface area contributed by atoms with Crippen molar-refractivity contribution in [3.8, 4) is 0 Å². The number of nitrogens with zero attached hydrogens (tertiary/aromatic N) is 2. The summed E-state index contributed by atoms with van der Waals surface area (Å²) in [6.45, 7) is 0. The van der Waals surface area contributed by atoms with Crippen molar-refractivity contribution in [2.45, 2.75) is 6.18 Å². The van der Waals surface area contributed by atoms with Gasteiger partial charge in [0.1, 0.15) is 12.0 Å². The minimum Gasteiger partial charge on any atom is -0.393 e. The third-order valence-electron chi connectivity index (χ3n) is 3.77. The fourth-order valence-corrected chi connectivity index (χ4v) is 2.77. The molecule has 0 saturated heterocycles. The zero-order valence-corrected chi connectivity index (χ0v) is 16.2. The molecule has 0 unspecified atom stereocenters. The summed E-state index contributed by atoms with van der Waals surface area (Å²) in [6.07, 6.45) is -3.23. The second-order valence-electron chi connectivity index (χ2n) is 5.74. The van der Waals surface area contributed by atoms with E-state index in [1.165, 1.54) is 18.5 Å². The molecule has 3 rings (SSSR count). The Morgan fingerprint density at radius 1 is 1.00 bits per heavy atom.